The van der Waals surface area contributed by atoms with E-state index >= 15 is 0 Å². The predicted octanol–water partition coefficient (Wildman–Crippen LogP) is 6.55. The van der Waals surface area contributed by atoms with Crippen molar-refractivity contribution < 1.29 is 41.0 Å². The number of halogens is 7. The summed E-state index contributed by atoms with van der Waals surface area (Å²) >= 11 is 2.90. The molecule has 0 spiro atoms. The Morgan fingerprint density at radius 2 is 1.79 bits per heavy atom. The van der Waals surface area contributed by atoms with Crippen LogP contribution in [0.2, 0.25) is 0 Å². The number of rotatable bonds is 9. The highest BCUT2D eigenvalue weighted by atomic mass is 79.9. The number of benzene rings is 3. The first-order valence-electron chi connectivity index (χ1n) is 17.5. The lowest BCUT2D eigenvalue weighted by atomic mass is 10.0. The standard InChI is InChI=1S/C38H33BrF6N8O4/c1-21-17-51-32(19-50(21)35(56)23-7-9-29(39)28(14-23)38(43,44)45)33(53(36(51)57)26-8-10-31-25(13-26)16-47-52(31)18-22(2)54)34(55)46-15-24-5-3-4-6-27(24)30-11-12-49(48-30)20-37(40,41)42/h3-14,16,21-22,54H,15,17-20H2,1-2H3,(H,46,55)/t21-,22-/m1/s1. The van der Waals surface area contributed by atoms with Crippen molar-refractivity contribution in [3.8, 4) is 16.9 Å². The monoisotopic (exact) mass is 858 g/mol. The van der Waals surface area contributed by atoms with Crippen molar-refractivity contribution in [2.75, 3.05) is 0 Å². The van der Waals surface area contributed by atoms with Crippen LogP contribution in [-0.4, -0.2) is 68.8 Å². The number of carbonyl (C=O) groups is 2. The number of aliphatic hydroxyl groups excluding tert-OH is 1. The fourth-order valence-corrected chi connectivity index (χ4v) is 7.44. The predicted molar refractivity (Wildman–Crippen MR) is 198 cm³/mol. The van der Waals surface area contributed by atoms with E-state index < -0.39 is 54.1 Å². The molecular formula is C38H33BrF6N8O4. The van der Waals surface area contributed by atoms with Gasteiger partial charge in [0.2, 0.25) is 0 Å². The van der Waals surface area contributed by atoms with Crippen LogP contribution in [0, 0.1) is 0 Å². The third kappa shape index (κ3) is 7.98. The molecule has 2 amide bonds. The van der Waals surface area contributed by atoms with Gasteiger partial charge in [-0.2, -0.15) is 36.5 Å². The first-order valence-corrected chi connectivity index (χ1v) is 18.3. The highest BCUT2D eigenvalue weighted by molar-refractivity contribution is 9.10. The second kappa shape index (κ2) is 15.0. The molecular weight excluding hydrogens is 826 g/mol. The van der Waals surface area contributed by atoms with Gasteiger partial charge in [-0.3, -0.25) is 28.1 Å². The first-order chi connectivity index (χ1) is 26.9. The van der Waals surface area contributed by atoms with E-state index in [-0.39, 0.29) is 59.0 Å². The summed E-state index contributed by atoms with van der Waals surface area (Å²) in [4.78, 5) is 43.9. The molecule has 0 fully saturated rings. The number of nitrogens with one attached hydrogen (secondary N) is 1. The third-order valence-corrected chi connectivity index (χ3v) is 10.3. The van der Waals surface area contributed by atoms with Crippen LogP contribution in [0.1, 0.15) is 51.5 Å². The van der Waals surface area contributed by atoms with Crippen LogP contribution >= 0.6 is 15.9 Å². The zero-order valence-corrected chi connectivity index (χ0v) is 31.7. The molecule has 2 N–H and O–H groups in total. The molecule has 3 aromatic heterocycles. The Morgan fingerprint density at radius 3 is 2.51 bits per heavy atom. The smallest absolute Gasteiger partial charge is 0.391 e. The van der Waals surface area contributed by atoms with Crippen molar-refractivity contribution in [3.63, 3.8) is 0 Å². The van der Waals surface area contributed by atoms with Gasteiger partial charge in [0.1, 0.15) is 12.2 Å². The lowest BCUT2D eigenvalue weighted by molar-refractivity contribution is -0.142. The number of fused-ring (bicyclic) bond motifs is 2. The van der Waals surface area contributed by atoms with Crippen LogP contribution in [0.4, 0.5) is 26.3 Å². The second-order valence-corrected chi connectivity index (χ2v) is 14.6. The number of aromatic nitrogens is 6. The Labute approximate surface area is 328 Å². The SMILES string of the molecule is C[C@@H]1Cn2c(c(C(=O)NCc3ccccc3-c3ccn(CC(F)(F)F)n3)n(-c3ccc4c(cnn4C[C@@H](C)O)c3)c2=O)CN1C(=O)c1ccc(Br)c(C(F)(F)F)c1. The van der Waals surface area contributed by atoms with E-state index in [1.807, 2.05) is 0 Å². The van der Waals surface area contributed by atoms with Crippen molar-refractivity contribution in [2.24, 2.45) is 0 Å². The maximum absolute atomic E-state index is 14.4. The fourth-order valence-electron chi connectivity index (χ4n) is 6.97. The van der Waals surface area contributed by atoms with E-state index in [1.54, 1.807) is 67.2 Å². The van der Waals surface area contributed by atoms with E-state index in [2.05, 4.69) is 31.4 Å². The lowest BCUT2D eigenvalue weighted by Crippen LogP contribution is -2.47. The number of carbonyl (C=O) groups excluding carboxylic acids is 2. The van der Waals surface area contributed by atoms with Crippen molar-refractivity contribution in [1.29, 1.82) is 0 Å². The number of nitrogens with zero attached hydrogens (tertiary/aromatic N) is 7. The quantitative estimate of drug-likeness (QED) is 0.159. The average Bonchev–Trinajstić information content (AvgIpc) is 3.84. The first kappa shape index (κ1) is 39.5. The van der Waals surface area contributed by atoms with Gasteiger partial charge in [0.25, 0.3) is 11.8 Å². The van der Waals surface area contributed by atoms with Gasteiger partial charge in [-0.05, 0) is 61.9 Å². The number of amides is 2. The molecule has 1 aliphatic rings. The molecule has 0 saturated heterocycles. The molecule has 0 unspecified atom stereocenters. The molecule has 298 valence electrons. The van der Waals surface area contributed by atoms with E-state index in [0.717, 1.165) is 16.8 Å². The molecule has 19 heteroatoms. The minimum Gasteiger partial charge on any atom is -0.391 e. The zero-order chi connectivity index (χ0) is 41.0. The summed E-state index contributed by atoms with van der Waals surface area (Å²) < 4.78 is 85.1. The van der Waals surface area contributed by atoms with Gasteiger partial charge in [0.15, 0.2) is 0 Å². The third-order valence-electron chi connectivity index (χ3n) is 9.57. The maximum Gasteiger partial charge on any atom is 0.417 e. The molecule has 6 aromatic rings. The Balaban J connectivity index is 1.28. The molecule has 57 heavy (non-hydrogen) atoms. The average molecular weight is 860 g/mol. The largest absolute Gasteiger partial charge is 0.417 e. The number of aliphatic hydroxyl groups is 1. The molecule has 4 heterocycles. The van der Waals surface area contributed by atoms with Crippen molar-refractivity contribution >= 4 is 38.6 Å². The van der Waals surface area contributed by atoms with Crippen molar-refractivity contribution in [1.82, 2.24) is 38.9 Å². The summed E-state index contributed by atoms with van der Waals surface area (Å²) in [5.74, 6) is -1.49. The molecule has 0 aliphatic carbocycles. The summed E-state index contributed by atoms with van der Waals surface area (Å²) in [6, 6.07) is 15.5. The Bertz CT molecular complexity index is 2570. The number of hydrogen-bond donors (Lipinski definition) is 2. The van der Waals surface area contributed by atoms with E-state index in [9.17, 15) is 45.8 Å². The minimum atomic E-state index is -4.75. The topological polar surface area (TPSA) is 132 Å². The Hall–Kier alpha value is -5.69. The van der Waals surface area contributed by atoms with Crippen LogP contribution < -0.4 is 11.0 Å². The molecule has 0 bridgehead atoms. The second-order valence-electron chi connectivity index (χ2n) is 13.8. The number of alkyl halides is 6. The molecule has 12 nitrogen and oxygen atoms in total. The lowest BCUT2D eigenvalue weighted by Gasteiger charge is -2.34. The molecule has 1 aliphatic heterocycles. The van der Waals surface area contributed by atoms with Gasteiger partial charge in [0, 0.05) is 46.3 Å². The van der Waals surface area contributed by atoms with Gasteiger partial charge in [-0.15, -0.1) is 0 Å². The van der Waals surface area contributed by atoms with Crippen LogP contribution in [0.25, 0.3) is 27.8 Å². The van der Waals surface area contributed by atoms with Crippen LogP contribution in [-0.2, 0) is 38.9 Å². The highest BCUT2D eigenvalue weighted by Gasteiger charge is 2.38. The zero-order valence-electron chi connectivity index (χ0n) is 30.1. The van der Waals surface area contributed by atoms with Gasteiger partial charge in [-0.25, -0.2) is 4.79 Å². The van der Waals surface area contributed by atoms with Crippen molar-refractivity contribution in [2.45, 2.75) is 71.1 Å². The van der Waals surface area contributed by atoms with Gasteiger partial charge in [0.05, 0.1) is 53.5 Å². The number of hydrogen-bond acceptors (Lipinski definition) is 6. The molecule has 3 aromatic carbocycles. The van der Waals surface area contributed by atoms with E-state index in [1.165, 1.54) is 32.4 Å². The Kier molecular flexibility index (Phi) is 10.4. The summed E-state index contributed by atoms with van der Waals surface area (Å²) in [5, 5.41) is 21.7. The fraction of sp³-hybridized carbons (Fsp3) is 0.289. The van der Waals surface area contributed by atoms with E-state index in [4.69, 9.17) is 0 Å². The molecule has 0 saturated carbocycles. The van der Waals surface area contributed by atoms with Crippen LogP contribution in [0.3, 0.4) is 0 Å². The summed E-state index contributed by atoms with van der Waals surface area (Å²) in [6.45, 7) is 1.61. The summed E-state index contributed by atoms with van der Waals surface area (Å²) in [5.41, 5.74) is 0.203. The summed E-state index contributed by atoms with van der Waals surface area (Å²) in [6.07, 6.45) is -7.20. The van der Waals surface area contributed by atoms with Crippen molar-refractivity contribution in [3.05, 3.63) is 122 Å². The highest BCUT2D eigenvalue weighted by Crippen LogP contribution is 2.36. The normalized spacial score (nSPS) is 15.2. The van der Waals surface area contributed by atoms with Gasteiger partial charge < -0.3 is 15.3 Å². The van der Waals surface area contributed by atoms with Crippen LogP contribution in [0.15, 0.2) is 88.4 Å². The Morgan fingerprint density at radius 1 is 1.04 bits per heavy atom. The van der Waals surface area contributed by atoms with E-state index in [0.29, 0.717) is 22.0 Å². The minimum absolute atomic E-state index is 0.0895. The summed E-state index contributed by atoms with van der Waals surface area (Å²) in [7, 11) is 0. The molecule has 0 radical (unpaired) electrons. The maximum atomic E-state index is 14.4. The van der Waals surface area contributed by atoms with Gasteiger partial charge >= 0.3 is 18.0 Å². The molecule has 7 rings (SSSR count). The van der Waals surface area contributed by atoms with Gasteiger partial charge in [-0.1, -0.05) is 40.2 Å². The molecule has 2 atom stereocenters. The van der Waals surface area contributed by atoms with Crippen LogP contribution in [0.5, 0.6) is 0 Å². The number of imidazole rings is 1.